The molecule has 0 spiro atoms. The lowest BCUT2D eigenvalue weighted by Gasteiger charge is -2.06. The number of ether oxygens (including phenoxy) is 1. The number of benzene rings is 1. The Morgan fingerprint density at radius 1 is 1.17 bits per heavy atom. The normalized spacial score (nSPS) is 11.2. The van der Waals surface area contributed by atoms with Crippen molar-refractivity contribution in [1.82, 2.24) is 24.7 Å². The smallest absolute Gasteiger partial charge is 0.168 e. The molecule has 8 heteroatoms. The molecule has 0 aliphatic heterocycles. The molecule has 3 aromatic heterocycles. The van der Waals surface area contributed by atoms with Crippen LogP contribution in [0.3, 0.4) is 0 Å². The Morgan fingerprint density at radius 3 is 2.83 bits per heavy atom. The first-order chi connectivity index (χ1) is 14.3. The van der Waals surface area contributed by atoms with Gasteiger partial charge in [0.25, 0.3) is 0 Å². The third-order valence-electron chi connectivity index (χ3n) is 4.41. The van der Waals surface area contributed by atoms with Gasteiger partial charge in [-0.25, -0.2) is 14.6 Å². The first kappa shape index (κ1) is 18.5. The van der Waals surface area contributed by atoms with Crippen LogP contribution in [-0.4, -0.2) is 38.1 Å². The molecule has 0 saturated carbocycles. The summed E-state index contributed by atoms with van der Waals surface area (Å²) in [6.07, 6.45) is 8.45. The van der Waals surface area contributed by atoms with Gasteiger partial charge in [-0.15, -0.1) is 0 Å². The summed E-state index contributed by atoms with van der Waals surface area (Å²) in [7, 11) is 1.65. The molecule has 4 aromatic rings. The van der Waals surface area contributed by atoms with Crippen molar-refractivity contribution in [2.75, 3.05) is 12.5 Å². The van der Waals surface area contributed by atoms with E-state index in [4.69, 9.17) is 9.84 Å². The summed E-state index contributed by atoms with van der Waals surface area (Å²) < 4.78 is 7.17. The Hall–Kier alpha value is -3.81. The van der Waals surface area contributed by atoms with E-state index in [-0.39, 0.29) is 0 Å². The second kappa shape index (κ2) is 8.47. The number of pyridine rings is 1. The topological polar surface area (TPSA) is 90.1 Å². The summed E-state index contributed by atoms with van der Waals surface area (Å²) in [6.45, 7) is 2.12. The number of nitrogens with one attached hydrogen (secondary N) is 1. The van der Waals surface area contributed by atoms with E-state index >= 15 is 0 Å². The van der Waals surface area contributed by atoms with Crippen LogP contribution < -0.4 is 10.2 Å². The zero-order valence-corrected chi connectivity index (χ0v) is 16.3. The molecule has 0 amide bonds. The van der Waals surface area contributed by atoms with Crippen LogP contribution >= 0.6 is 0 Å². The van der Waals surface area contributed by atoms with Crippen LogP contribution in [0.1, 0.15) is 24.6 Å². The van der Waals surface area contributed by atoms with E-state index in [0.717, 1.165) is 46.6 Å². The van der Waals surface area contributed by atoms with Crippen LogP contribution in [0.25, 0.3) is 16.7 Å². The molecule has 0 fully saturated rings. The molecule has 0 bridgehead atoms. The third-order valence-corrected chi connectivity index (χ3v) is 4.41. The van der Waals surface area contributed by atoms with Gasteiger partial charge in [0.05, 0.1) is 30.1 Å². The molecule has 8 nitrogen and oxygen atoms in total. The maximum Gasteiger partial charge on any atom is 0.168 e. The Kier molecular flexibility index (Phi) is 5.42. The molecule has 1 aromatic carbocycles. The van der Waals surface area contributed by atoms with Gasteiger partial charge in [0.2, 0.25) is 0 Å². The van der Waals surface area contributed by atoms with Crippen LogP contribution in [0.2, 0.25) is 0 Å². The van der Waals surface area contributed by atoms with E-state index in [1.807, 2.05) is 41.1 Å². The van der Waals surface area contributed by atoms with E-state index in [9.17, 15) is 0 Å². The van der Waals surface area contributed by atoms with Gasteiger partial charge >= 0.3 is 0 Å². The summed E-state index contributed by atoms with van der Waals surface area (Å²) >= 11 is 0. The van der Waals surface area contributed by atoms with E-state index in [0.29, 0.717) is 5.82 Å². The van der Waals surface area contributed by atoms with Gasteiger partial charge in [0, 0.05) is 18.5 Å². The maximum atomic E-state index is 5.35. The zero-order chi connectivity index (χ0) is 20.1. The number of methoxy groups -OCH3 is 1. The van der Waals surface area contributed by atoms with Crippen LogP contribution in [0.15, 0.2) is 60.2 Å². The van der Waals surface area contributed by atoms with Crippen molar-refractivity contribution in [1.29, 1.82) is 0 Å². The van der Waals surface area contributed by atoms with Gasteiger partial charge in [-0.05, 0) is 36.2 Å². The fraction of sp³-hybridized carbons (Fsp3) is 0.190. The standard InChI is InChI=1S/C21H21N7O/c1-3-5-18-19-20(26-25-13-15-8-10-22-11-9-15)23-14-24-21(19)28(27-18)16-6-4-7-17(12-16)29-2/h4,6-14H,3,5H2,1-2H3,(H,23,24,26)/b25-13+. The zero-order valence-electron chi connectivity index (χ0n) is 16.3. The quantitative estimate of drug-likeness (QED) is 0.385. The predicted octanol–water partition coefficient (Wildman–Crippen LogP) is 3.62. The number of anilines is 1. The molecule has 1 N–H and O–H groups in total. The highest BCUT2D eigenvalue weighted by Gasteiger charge is 2.17. The third kappa shape index (κ3) is 3.91. The lowest BCUT2D eigenvalue weighted by molar-refractivity contribution is 0.414. The van der Waals surface area contributed by atoms with E-state index in [1.54, 1.807) is 25.7 Å². The van der Waals surface area contributed by atoms with Crippen LogP contribution in [0, 0.1) is 0 Å². The summed E-state index contributed by atoms with van der Waals surface area (Å²) in [5, 5.41) is 10.00. The van der Waals surface area contributed by atoms with E-state index in [2.05, 4.69) is 32.4 Å². The molecular formula is C21H21N7O. The van der Waals surface area contributed by atoms with Crippen molar-refractivity contribution in [3.05, 3.63) is 66.4 Å². The Bertz CT molecular complexity index is 1140. The minimum absolute atomic E-state index is 0.623. The lowest BCUT2D eigenvalue weighted by Crippen LogP contribution is -2.00. The molecule has 3 heterocycles. The number of aromatic nitrogens is 5. The molecular weight excluding hydrogens is 366 g/mol. The second-order valence-electron chi connectivity index (χ2n) is 6.38. The minimum Gasteiger partial charge on any atom is -0.497 e. The summed E-state index contributed by atoms with van der Waals surface area (Å²) in [6, 6.07) is 11.5. The highest BCUT2D eigenvalue weighted by Crippen LogP contribution is 2.27. The average Bonchev–Trinajstić information content (AvgIpc) is 3.14. The van der Waals surface area contributed by atoms with Gasteiger partial charge in [0.1, 0.15) is 12.1 Å². The first-order valence-electron chi connectivity index (χ1n) is 9.36. The molecule has 0 saturated heterocycles. The number of aryl methyl sites for hydroxylation is 1. The lowest BCUT2D eigenvalue weighted by atomic mass is 10.2. The molecule has 146 valence electrons. The molecule has 0 atom stereocenters. The SMILES string of the molecule is CCCc1nn(-c2cccc(OC)c2)c2ncnc(N/N=C/c3ccncc3)c12. The van der Waals surface area contributed by atoms with Crippen molar-refractivity contribution in [2.45, 2.75) is 19.8 Å². The van der Waals surface area contributed by atoms with Gasteiger partial charge in [0.15, 0.2) is 11.5 Å². The van der Waals surface area contributed by atoms with E-state index < -0.39 is 0 Å². The van der Waals surface area contributed by atoms with Crippen LogP contribution in [-0.2, 0) is 6.42 Å². The Morgan fingerprint density at radius 2 is 2.03 bits per heavy atom. The molecule has 0 unspecified atom stereocenters. The number of rotatable bonds is 7. The molecule has 29 heavy (non-hydrogen) atoms. The monoisotopic (exact) mass is 387 g/mol. The number of hydrazone groups is 1. The number of hydrogen-bond acceptors (Lipinski definition) is 7. The van der Waals surface area contributed by atoms with E-state index in [1.165, 1.54) is 6.33 Å². The average molecular weight is 387 g/mol. The second-order valence-corrected chi connectivity index (χ2v) is 6.38. The summed E-state index contributed by atoms with van der Waals surface area (Å²) in [5.74, 6) is 1.38. The van der Waals surface area contributed by atoms with Gasteiger partial charge < -0.3 is 4.74 Å². The van der Waals surface area contributed by atoms with Crippen molar-refractivity contribution in [3.63, 3.8) is 0 Å². The fourth-order valence-corrected chi connectivity index (χ4v) is 3.06. The molecule has 4 rings (SSSR count). The van der Waals surface area contributed by atoms with Gasteiger partial charge in [-0.2, -0.15) is 10.2 Å². The molecule has 0 radical (unpaired) electrons. The van der Waals surface area contributed by atoms with Crippen molar-refractivity contribution in [2.24, 2.45) is 5.10 Å². The largest absolute Gasteiger partial charge is 0.497 e. The number of fused-ring (bicyclic) bond motifs is 1. The Labute approximate surface area is 168 Å². The van der Waals surface area contributed by atoms with Crippen molar-refractivity contribution < 1.29 is 4.74 Å². The number of hydrogen-bond donors (Lipinski definition) is 1. The van der Waals surface area contributed by atoms with Gasteiger partial charge in [-0.3, -0.25) is 10.4 Å². The summed E-state index contributed by atoms with van der Waals surface area (Å²) in [5.41, 5.74) is 6.51. The van der Waals surface area contributed by atoms with Gasteiger partial charge in [-0.1, -0.05) is 19.4 Å². The van der Waals surface area contributed by atoms with Crippen LogP contribution in [0.5, 0.6) is 5.75 Å². The Balaban J connectivity index is 1.76. The molecule has 0 aliphatic rings. The predicted molar refractivity (Wildman–Crippen MR) is 113 cm³/mol. The minimum atomic E-state index is 0.623. The highest BCUT2D eigenvalue weighted by atomic mass is 16.5. The molecule has 0 aliphatic carbocycles. The summed E-state index contributed by atoms with van der Waals surface area (Å²) in [4.78, 5) is 12.9. The van der Waals surface area contributed by atoms with Crippen molar-refractivity contribution in [3.8, 4) is 11.4 Å². The van der Waals surface area contributed by atoms with Crippen LogP contribution in [0.4, 0.5) is 5.82 Å². The number of nitrogens with zero attached hydrogens (tertiary/aromatic N) is 6. The first-order valence-corrected chi connectivity index (χ1v) is 9.36. The van der Waals surface area contributed by atoms with Crippen molar-refractivity contribution >= 4 is 23.1 Å². The fourth-order valence-electron chi connectivity index (χ4n) is 3.06. The maximum absolute atomic E-state index is 5.35. The highest BCUT2D eigenvalue weighted by molar-refractivity contribution is 5.91.